The second kappa shape index (κ2) is 9.32. The van der Waals surface area contributed by atoms with E-state index in [-0.39, 0.29) is 9.37 Å². The number of thiazole rings is 1. The Balaban J connectivity index is 1.59. The van der Waals surface area contributed by atoms with E-state index in [1.54, 1.807) is 11.6 Å². The summed E-state index contributed by atoms with van der Waals surface area (Å²) in [6.07, 6.45) is -4.24. The third-order valence-electron chi connectivity index (χ3n) is 4.65. The summed E-state index contributed by atoms with van der Waals surface area (Å²) >= 11 is 5.10. The van der Waals surface area contributed by atoms with Crippen LogP contribution >= 0.6 is 39.0 Å². The molecule has 0 aromatic carbocycles. The molecule has 4 unspecified atom stereocenters. The van der Waals surface area contributed by atoms with Crippen molar-refractivity contribution in [3.63, 3.8) is 0 Å². The Morgan fingerprint density at radius 2 is 2.03 bits per heavy atom. The van der Waals surface area contributed by atoms with E-state index in [9.17, 15) is 28.5 Å². The first-order valence-corrected chi connectivity index (χ1v) is 11.6. The summed E-state index contributed by atoms with van der Waals surface area (Å²) in [7, 11) is 0. The molecule has 1 aliphatic rings. The molecule has 15 heteroatoms. The summed E-state index contributed by atoms with van der Waals surface area (Å²) in [5.41, 5.74) is -1.68. The molecule has 5 atom stereocenters. The van der Waals surface area contributed by atoms with Crippen LogP contribution in [-0.4, -0.2) is 70.6 Å². The highest BCUT2D eigenvalue weighted by atomic mass is 79.9. The van der Waals surface area contributed by atoms with E-state index in [0.29, 0.717) is 10.7 Å². The lowest BCUT2D eigenvalue weighted by Crippen LogP contribution is -2.55. The van der Waals surface area contributed by atoms with E-state index in [1.165, 1.54) is 28.3 Å². The first-order valence-electron chi connectivity index (χ1n) is 9.02. The predicted octanol–water partition coefficient (Wildman–Crippen LogP) is 2.35. The minimum Gasteiger partial charge on any atom is -0.394 e. The SMILES string of the molecule is OCC1OC(Sc2cnc(C(F)(F)F)c(Br)c2)[C@@H](O)C(n2cc(-c3nccs3)nn2)C1O. The molecule has 1 fully saturated rings. The van der Waals surface area contributed by atoms with Gasteiger partial charge in [0.15, 0.2) is 5.69 Å². The molecule has 0 saturated carbocycles. The van der Waals surface area contributed by atoms with Crippen molar-refractivity contribution < 1.29 is 33.2 Å². The fraction of sp³-hybridized carbons (Fsp3) is 0.412. The zero-order valence-electron chi connectivity index (χ0n) is 15.8. The van der Waals surface area contributed by atoms with E-state index in [4.69, 9.17) is 4.74 Å². The highest BCUT2D eigenvalue weighted by Crippen LogP contribution is 2.40. The second-order valence-electron chi connectivity index (χ2n) is 6.74. The molecule has 3 aromatic heterocycles. The molecule has 0 amide bonds. The van der Waals surface area contributed by atoms with Crippen molar-refractivity contribution >= 4 is 39.0 Å². The number of rotatable bonds is 5. The summed E-state index contributed by atoms with van der Waals surface area (Å²) in [6, 6.07) is 0.172. The molecule has 32 heavy (non-hydrogen) atoms. The summed E-state index contributed by atoms with van der Waals surface area (Å²) in [4.78, 5) is 7.86. The Morgan fingerprint density at radius 3 is 2.66 bits per heavy atom. The van der Waals surface area contributed by atoms with Gasteiger partial charge in [0.05, 0.1) is 12.8 Å². The Morgan fingerprint density at radius 1 is 1.25 bits per heavy atom. The molecule has 0 bridgehead atoms. The predicted molar refractivity (Wildman–Crippen MR) is 111 cm³/mol. The van der Waals surface area contributed by atoms with Gasteiger partial charge >= 0.3 is 6.18 Å². The largest absolute Gasteiger partial charge is 0.434 e. The van der Waals surface area contributed by atoms with Crippen LogP contribution in [0.1, 0.15) is 11.7 Å². The number of aromatic nitrogens is 5. The minimum atomic E-state index is -4.62. The third kappa shape index (κ3) is 4.69. The van der Waals surface area contributed by atoms with Gasteiger partial charge in [-0.05, 0) is 22.0 Å². The molecule has 0 radical (unpaired) electrons. The van der Waals surface area contributed by atoms with Crippen molar-refractivity contribution in [1.29, 1.82) is 0 Å². The van der Waals surface area contributed by atoms with Gasteiger partial charge in [0.1, 0.15) is 40.5 Å². The van der Waals surface area contributed by atoms with Crippen LogP contribution in [0.25, 0.3) is 10.7 Å². The van der Waals surface area contributed by atoms with Crippen LogP contribution in [0.3, 0.4) is 0 Å². The summed E-state index contributed by atoms with van der Waals surface area (Å²) in [6.45, 7) is -0.551. The van der Waals surface area contributed by atoms with Gasteiger partial charge in [0.2, 0.25) is 0 Å². The van der Waals surface area contributed by atoms with Gasteiger partial charge in [0.25, 0.3) is 0 Å². The maximum Gasteiger partial charge on any atom is 0.434 e. The molecule has 4 heterocycles. The van der Waals surface area contributed by atoms with Crippen LogP contribution in [0.15, 0.2) is 39.4 Å². The van der Waals surface area contributed by atoms with E-state index in [0.717, 1.165) is 18.0 Å². The Bertz CT molecular complexity index is 1070. The molecule has 172 valence electrons. The van der Waals surface area contributed by atoms with Gasteiger partial charge in [-0.3, -0.25) is 0 Å². The van der Waals surface area contributed by atoms with Crippen LogP contribution in [0.4, 0.5) is 13.2 Å². The molecular weight excluding hydrogens is 539 g/mol. The number of halogens is 4. The lowest BCUT2D eigenvalue weighted by atomic mass is 9.97. The minimum absolute atomic E-state index is 0.264. The van der Waals surface area contributed by atoms with Gasteiger partial charge in [-0.1, -0.05) is 17.0 Å². The quantitative estimate of drug-likeness (QED) is 0.436. The number of aliphatic hydroxyl groups excluding tert-OH is 3. The monoisotopic (exact) mass is 553 g/mol. The van der Waals surface area contributed by atoms with Gasteiger partial charge in [0, 0.05) is 27.1 Å². The Labute approximate surface area is 195 Å². The molecule has 4 rings (SSSR count). The van der Waals surface area contributed by atoms with E-state index >= 15 is 0 Å². The number of nitrogens with zero attached hydrogens (tertiary/aromatic N) is 5. The van der Waals surface area contributed by atoms with Gasteiger partial charge in [-0.15, -0.1) is 16.4 Å². The number of ether oxygens (including phenoxy) is 1. The zero-order valence-corrected chi connectivity index (χ0v) is 19.0. The van der Waals surface area contributed by atoms with Gasteiger partial charge in [-0.25, -0.2) is 14.6 Å². The summed E-state index contributed by atoms with van der Waals surface area (Å²) in [5.74, 6) is 0. The average molecular weight is 554 g/mol. The van der Waals surface area contributed by atoms with Crippen LogP contribution in [0.5, 0.6) is 0 Å². The van der Waals surface area contributed by atoms with Crippen LogP contribution in [-0.2, 0) is 10.9 Å². The van der Waals surface area contributed by atoms with Crippen molar-refractivity contribution in [2.45, 2.75) is 40.9 Å². The fourth-order valence-electron chi connectivity index (χ4n) is 3.18. The maximum atomic E-state index is 12.9. The molecular formula is C17H15BrF3N5O4S2. The smallest absolute Gasteiger partial charge is 0.394 e. The molecule has 1 saturated heterocycles. The van der Waals surface area contributed by atoms with E-state index in [2.05, 4.69) is 36.2 Å². The Kier molecular flexibility index (Phi) is 6.86. The topological polar surface area (TPSA) is 126 Å². The van der Waals surface area contributed by atoms with Crippen molar-refractivity contribution in [3.05, 3.63) is 40.2 Å². The van der Waals surface area contributed by atoms with Crippen molar-refractivity contribution in [3.8, 4) is 10.7 Å². The summed E-state index contributed by atoms with van der Waals surface area (Å²) < 4.78 is 45.4. The molecule has 0 aliphatic carbocycles. The number of aliphatic hydroxyl groups is 3. The van der Waals surface area contributed by atoms with Crippen LogP contribution < -0.4 is 0 Å². The van der Waals surface area contributed by atoms with E-state index in [1.807, 2.05) is 0 Å². The molecule has 9 nitrogen and oxygen atoms in total. The first kappa shape index (κ1) is 23.5. The first-order chi connectivity index (χ1) is 15.2. The van der Waals surface area contributed by atoms with Gasteiger partial charge < -0.3 is 20.1 Å². The van der Waals surface area contributed by atoms with Crippen molar-refractivity contribution in [2.75, 3.05) is 6.61 Å². The molecule has 3 aromatic rings. The highest BCUT2D eigenvalue weighted by Gasteiger charge is 2.46. The lowest BCUT2D eigenvalue weighted by molar-refractivity contribution is -0.178. The molecule has 0 spiro atoms. The lowest BCUT2D eigenvalue weighted by Gasteiger charge is -2.41. The van der Waals surface area contributed by atoms with Crippen LogP contribution in [0.2, 0.25) is 0 Å². The number of hydrogen-bond acceptors (Lipinski definition) is 10. The van der Waals surface area contributed by atoms with Gasteiger partial charge in [-0.2, -0.15) is 13.2 Å². The normalized spacial score (nSPS) is 26.4. The van der Waals surface area contributed by atoms with Crippen molar-refractivity contribution in [2.24, 2.45) is 0 Å². The molecule has 1 aliphatic heterocycles. The number of thioether (sulfide) groups is 1. The third-order valence-corrected chi connectivity index (χ3v) is 7.17. The summed E-state index contributed by atoms with van der Waals surface area (Å²) in [5, 5.41) is 41.6. The Hall–Kier alpha value is -1.62. The maximum absolute atomic E-state index is 12.9. The highest BCUT2D eigenvalue weighted by molar-refractivity contribution is 9.10. The fourth-order valence-corrected chi connectivity index (χ4v) is 5.55. The average Bonchev–Trinajstić information content (AvgIpc) is 3.41. The standard InChI is InChI=1S/C17H15BrF3N5O4S2/c18-8-3-7(4-23-14(8)17(19,20)21)32-16-13(29)11(12(28)10(6-27)30-16)26-5-9(24-25-26)15-22-1-2-31-15/h1-5,10-13,16,27-29H,6H2/t10?,11?,12?,13-,16?/m0/s1. The number of pyridine rings is 1. The molecule has 3 N–H and O–H groups in total. The number of hydrogen-bond donors (Lipinski definition) is 3. The zero-order chi connectivity index (χ0) is 23.0. The second-order valence-corrected chi connectivity index (χ2v) is 9.66. The van der Waals surface area contributed by atoms with Crippen LogP contribution in [0, 0.1) is 0 Å². The number of alkyl halides is 3. The van der Waals surface area contributed by atoms with Crippen molar-refractivity contribution in [1.82, 2.24) is 25.0 Å². The van der Waals surface area contributed by atoms with E-state index < -0.39 is 48.3 Å².